The lowest BCUT2D eigenvalue weighted by molar-refractivity contribution is -0.118. The first-order chi connectivity index (χ1) is 21.4. The molecule has 0 aliphatic heterocycles. The van der Waals surface area contributed by atoms with Gasteiger partial charge in [-0.05, 0) is 76.7 Å². The van der Waals surface area contributed by atoms with E-state index in [1.54, 1.807) is 66.7 Å². The van der Waals surface area contributed by atoms with Crippen LogP contribution in [0.3, 0.4) is 0 Å². The Morgan fingerprint density at radius 1 is 0.636 bits per heavy atom. The summed E-state index contributed by atoms with van der Waals surface area (Å²) in [5.41, 5.74) is 6.06. The van der Waals surface area contributed by atoms with Gasteiger partial charge in [0.25, 0.3) is 11.8 Å². The second-order valence-corrected chi connectivity index (χ2v) is 10.8. The Morgan fingerprint density at radius 2 is 1.23 bits per heavy atom. The molecule has 0 heterocycles. The molecule has 0 unspecified atom stereocenters. The molecule has 2 amide bonds. The average Bonchev–Trinajstić information content (AvgIpc) is 3.06. The lowest BCUT2D eigenvalue weighted by Crippen LogP contribution is -2.30. The highest BCUT2D eigenvalue weighted by molar-refractivity contribution is 6.30. The van der Waals surface area contributed by atoms with Gasteiger partial charge in [0.2, 0.25) is 0 Å². The van der Waals surface area contributed by atoms with Crippen molar-refractivity contribution in [2.45, 2.75) is 19.3 Å². The quantitative estimate of drug-likeness (QED) is 0.151. The predicted molar refractivity (Wildman–Crippen MR) is 177 cm³/mol. The first-order valence-corrected chi connectivity index (χ1v) is 14.7. The molecule has 0 saturated carbocycles. The SMILES string of the molecule is O=C(CCc1ccc(-c2ccccc2)cc1)Cc1ccc(NC(=O)/C(=C/c2ccc(Cl)cc2)NC(=O)c2ccccc2)cc1. The van der Waals surface area contributed by atoms with E-state index in [2.05, 4.69) is 47.0 Å². The van der Waals surface area contributed by atoms with Crippen LogP contribution in [0.4, 0.5) is 5.69 Å². The van der Waals surface area contributed by atoms with Gasteiger partial charge in [0.1, 0.15) is 11.5 Å². The van der Waals surface area contributed by atoms with Crippen LogP contribution in [0.15, 0.2) is 139 Å². The summed E-state index contributed by atoms with van der Waals surface area (Å²) in [6, 6.07) is 41.3. The minimum absolute atomic E-state index is 0.0808. The molecule has 5 aromatic carbocycles. The minimum Gasteiger partial charge on any atom is -0.321 e. The van der Waals surface area contributed by atoms with Crippen LogP contribution in [0.2, 0.25) is 5.02 Å². The fraction of sp³-hybridized carbons (Fsp3) is 0.0789. The van der Waals surface area contributed by atoms with Gasteiger partial charge in [0, 0.05) is 29.1 Å². The van der Waals surface area contributed by atoms with Gasteiger partial charge in [-0.3, -0.25) is 14.4 Å². The number of nitrogens with one attached hydrogen (secondary N) is 2. The summed E-state index contributed by atoms with van der Waals surface area (Å²) in [6.07, 6.45) is 3.03. The molecule has 218 valence electrons. The van der Waals surface area contributed by atoms with Crippen molar-refractivity contribution >= 4 is 41.0 Å². The molecule has 0 saturated heterocycles. The standard InChI is InChI=1S/C38H31ClN2O3/c39-33-20-13-29(14-21-33)26-36(41-37(43)32-9-5-2-6-10-32)38(44)40-34-22-15-28(16-23-34)25-35(42)24-17-27-11-18-31(19-12-27)30-7-3-1-4-8-30/h1-16,18-23,26H,17,24-25H2,(H,40,44)(H,41,43)/b36-26-. The number of anilines is 1. The molecule has 5 nitrogen and oxygen atoms in total. The first-order valence-electron chi connectivity index (χ1n) is 14.3. The van der Waals surface area contributed by atoms with E-state index in [1.807, 2.05) is 36.4 Å². The van der Waals surface area contributed by atoms with E-state index < -0.39 is 11.8 Å². The van der Waals surface area contributed by atoms with Crippen LogP contribution in [0.1, 0.15) is 33.5 Å². The summed E-state index contributed by atoms with van der Waals surface area (Å²) in [5, 5.41) is 6.13. The summed E-state index contributed by atoms with van der Waals surface area (Å²) in [4.78, 5) is 38.8. The third-order valence-electron chi connectivity index (χ3n) is 7.08. The number of ketones is 1. The molecule has 0 radical (unpaired) electrons. The largest absolute Gasteiger partial charge is 0.321 e. The summed E-state index contributed by atoms with van der Waals surface area (Å²) >= 11 is 6.01. The van der Waals surface area contributed by atoms with Crippen molar-refractivity contribution in [3.8, 4) is 11.1 Å². The summed E-state index contributed by atoms with van der Waals surface area (Å²) in [7, 11) is 0. The van der Waals surface area contributed by atoms with Crippen LogP contribution in [0.5, 0.6) is 0 Å². The number of Topliss-reactive ketones (excluding diaryl/α,β-unsaturated/α-hetero) is 1. The van der Waals surface area contributed by atoms with Crippen LogP contribution in [0, 0.1) is 0 Å². The highest BCUT2D eigenvalue weighted by Crippen LogP contribution is 2.20. The van der Waals surface area contributed by atoms with Gasteiger partial charge in [0.15, 0.2) is 0 Å². The van der Waals surface area contributed by atoms with Crippen LogP contribution in [0.25, 0.3) is 17.2 Å². The molecular formula is C38H31ClN2O3. The van der Waals surface area contributed by atoms with E-state index in [9.17, 15) is 14.4 Å². The Balaban J connectivity index is 1.18. The van der Waals surface area contributed by atoms with Crippen molar-refractivity contribution < 1.29 is 14.4 Å². The average molecular weight is 599 g/mol. The smallest absolute Gasteiger partial charge is 0.272 e. The Bertz CT molecular complexity index is 1750. The van der Waals surface area contributed by atoms with Crippen molar-refractivity contribution in [3.05, 3.63) is 166 Å². The molecule has 44 heavy (non-hydrogen) atoms. The van der Waals surface area contributed by atoms with Crippen LogP contribution >= 0.6 is 11.6 Å². The van der Waals surface area contributed by atoms with Crippen molar-refractivity contribution in [1.29, 1.82) is 0 Å². The minimum atomic E-state index is -0.480. The number of carbonyl (C=O) groups excluding carboxylic acids is 3. The maximum absolute atomic E-state index is 13.3. The number of hydrogen-bond donors (Lipinski definition) is 2. The maximum Gasteiger partial charge on any atom is 0.272 e. The van der Waals surface area contributed by atoms with E-state index in [0.717, 1.165) is 16.7 Å². The lowest BCUT2D eigenvalue weighted by atomic mass is 10.00. The van der Waals surface area contributed by atoms with Crippen molar-refractivity contribution in [2.75, 3.05) is 5.32 Å². The highest BCUT2D eigenvalue weighted by Gasteiger charge is 2.15. The summed E-state index contributed by atoms with van der Waals surface area (Å²) < 4.78 is 0. The molecule has 5 rings (SSSR count). The summed E-state index contributed by atoms with van der Waals surface area (Å²) in [5.74, 6) is -0.737. The fourth-order valence-electron chi connectivity index (χ4n) is 4.67. The van der Waals surface area contributed by atoms with E-state index >= 15 is 0 Å². The van der Waals surface area contributed by atoms with Gasteiger partial charge in [0.05, 0.1) is 0 Å². The second-order valence-electron chi connectivity index (χ2n) is 10.4. The van der Waals surface area contributed by atoms with Gasteiger partial charge in [-0.1, -0.05) is 109 Å². The van der Waals surface area contributed by atoms with E-state index in [-0.39, 0.29) is 11.5 Å². The van der Waals surface area contributed by atoms with Gasteiger partial charge in [-0.15, -0.1) is 0 Å². The third kappa shape index (κ3) is 8.63. The highest BCUT2D eigenvalue weighted by atomic mass is 35.5. The maximum atomic E-state index is 13.3. The molecule has 0 spiro atoms. The Labute approximate surface area is 262 Å². The molecule has 0 atom stereocenters. The number of carbonyl (C=O) groups is 3. The normalized spacial score (nSPS) is 11.1. The van der Waals surface area contributed by atoms with Crippen LogP contribution < -0.4 is 10.6 Å². The Kier molecular flexibility index (Phi) is 10.1. The number of benzene rings is 5. The number of halogens is 1. The zero-order valence-corrected chi connectivity index (χ0v) is 24.8. The molecule has 0 aliphatic rings. The molecule has 5 aromatic rings. The van der Waals surface area contributed by atoms with Crippen LogP contribution in [-0.4, -0.2) is 17.6 Å². The van der Waals surface area contributed by atoms with Crippen LogP contribution in [-0.2, 0) is 22.4 Å². The summed E-state index contributed by atoms with van der Waals surface area (Å²) in [6.45, 7) is 0. The molecular weight excluding hydrogens is 568 g/mol. The monoisotopic (exact) mass is 598 g/mol. The van der Waals surface area contributed by atoms with E-state index in [0.29, 0.717) is 41.1 Å². The predicted octanol–water partition coefficient (Wildman–Crippen LogP) is 8.16. The fourth-order valence-corrected chi connectivity index (χ4v) is 4.79. The number of hydrogen-bond acceptors (Lipinski definition) is 3. The molecule has 0 fully saturated rings. The zero-order chi connectivity index (χ0) is 30.7. The van der Waals surface area contributed by atoms with Crippen molar-refractivity contribution in [1.82, 2.24) is 5.32 Å². The second kappa shape index (κ2) is 14.8. The molecule has 0 aromatic heterocycles. The van der Waals surface area contributed by atoms with E-state index in [1.165, 1.54) is 5.56 Å². The topological polar surface area (TPSA) is 75.3 Å². The van der Waals surface area contributed by atoms with E-state index in [4.69, 9.17) is 11.6 Å². The molecule has 0 aliphatic carbocycles. The molecule has 2 N–H and O–H groups in total. The van der Waals surface area contributed by atoms with Crippen molar-refractivity contribution in [2.24, 2.45) is 0 Å². The van der Waals surface area contributed by atoms with Crippen molar-refractivity contribution in [3.63, 3.8) is 0 Å². The Hall–Kier alpha value is -5.26. The number of aryl methyl sites for hydroxylation is 1. The number of amides is 2. The Morgan fingerprint density at radius 3 is 1.89 bits per heavy atom. The molecule has 6 heteroatoms. The van der Waals surface area contributed by atoms with Gasteiger partial charge in [-0.25, -0.2) is 0 Å². The third-order valence-corrected chi connectivity index (χ3v) is 7.33. The molecule has 0 bridgehead atoms. The zero-order valence-electron chi connectivity index (χ0n) is 24.0. The lowest BCUT2D eigenvalue weighted by Gasteiger charge is -2.12. The number of rotatable bonds is 11. The van der Waals surface area contributed by atoms with Gasteiger partial charge >= 0.3 is 0 Å². The van der Waals surface area contributed by atoms with Gasteiger partial charge < -0.3 is 10.6 Å². The first kappa shape index (κ1) is 30.2. The van der Waals surface area contributed by atoms with Gasteiger partial charge in [-0.2, -0.15) is 0 Å².